The molecular formula is C20H20ClNO2. The first-order chi connectivity index (χ1) is 11.6. The van der Waals surface area contributed by atoms with E-state index in [0.717, 1.165) is 25.1 Å². The van der Waals surface area contributed by atoms with Gasteiger partial charge in [0, 0.05) is 33.9 Å². The first-order valence-corrected chi connectivity index (χ1v) is 8.77. The van der Waals surface area contributed by atoms with Crippen LogP contribution in [0.3, 0.4) is 0 Å². The van der Waals surface area contributed by atoms with Crippen LogP contribution in [0.5, 0.6) is 0 Å². The smallest absolute Gasteiger partial charge is 0.196 e. The molecule has 2 aromatic rings. The number of nitrogens with one attached hydrogen (secondary N) is 1. The van der Waals surface area contributed by atoms with E-state index in [2.05, 4.69) is 12.2 Å². The van der Waals surface area contributed by atoms with Crippen molar-refractivity contribution in [3.8, 4) is 0 Å². The van der Waals surface area contributed by atoms with E-state index in [1.807, 2.05) is 12.1 Å². The zero-order valence-electron chi connectivity index (χ0n) is 13.7. The maximum atomic E-state index is 12.9. The van der Waals surface area contributed by atoms with Crippen molar-refractivity contribution in [2.45, 2.75) is 32.6 Å². The highest BCUT2D eigenvalue weighted by molar-refractivity contribution is 6.34. The lowest BCUT2D eigenvalue weighted by Gasteiger charge is -2.21. The summed E-state index contributed by atoms with van der Waals surface area (Å²) in [5.74, 6) is -0.260. The summed E-state index contributed by atoms with van der Waals surface area (Å²) in [6.07, 6.45) is 4.60. The molecular weight excluding hydrogens is 322 g/mol. The number of halogens is 1. The SMILES string of the molecule is CCCCCCNc1cccc2c1C(=O)c1ccc(Cl)cc1C2=O. The second-order valence-electron chi connectivity index (χ2n) is 6.06. The predicted molar refractivity (Wildman–Crippen MR) is 97.4 cm³/mol. The van der Waals surface area contributed by atoms with E-state index in [1.54, 1.807) is 24.3 Å². The molecule has 0 aliphatic heterocycles. The molecule has 0 unspecified atom stereocenters. The zero-order valence-corrected chi connectivity index (χ0v) is 14.5. The number of unbranched alkanes of at least 4 members (excludes halogenated alkanes) is 3. The van der Waals surface area contributed by atoms with Gasteiger partial charge in [-0.3, -0.25) is 9.59 Å². The van der Waals surface area contributed by atoms with Crippen LogP contribution >= 0.6 is 11.6 Å². The standard InChI is InChI=1S/C20H20ClNO2/c1-2-3-4-5-11-22-17-8-6-7-15-18(17)20(24)14-10-9-13(21)12-16(14)19(15)23/h6-10,12,22H,2-5,11H2,1H3. The molecule has 0 amide bonds. The van der Waals surface area contributed by atoms with Gasteiger partial charge < -0.3 is 5.32 Å². The molecule has 0 heterocycles. The van der Waals surface area contributed by atoms with Crippen LogP contribution in [0.25, 0.3) is 0 Å². The molecule has 4 heteroatoms. The van der Waals surface area contributed by atoms with E-state index >= 15 is 0 Å². The third kappa shape index (κ3) is 3.09. The third-order valence-electron chi connectivity index (χ3n) is 4.35. The highest BCUT2D eigenvalue weighted by Gasteiger charge is 2.31. The van der Waals surface area contributed by atoms with E-state index < -0.39 is 0 Å². The molecule has 0 atom stereocenters. The van der Waals surface area contributed by atoms with Crippen LogP contribution in [0.4, 0.5) is 5.69 Å². The van der Waals surface area contributed by atoms with Crippen molar-refractivity contribution in [3.63, 3.8) is 0 Å². The van der Waals surface area contributed by atoms with Crippen molar-refractivity contribution >= 4 is 28.9 Å². The van der Waals surface area contributed by atoms with E-state index in [1.165, 1.54) is 12.8 Å². The Bertz CT molecular complexity index is 798. The Labute approximate surface area is 147 Å². The van der Waals surface area contributed by atoms with E-state index in [-0.39, 0.29) is 11.6 Å². The molecule has 124 valence electrons. The lowest BCUT2D eigenvalue weighted by atomic mass is 9.83. The molecule has 1 aliphatic carbocycles. The topological polar surface area (TPSA) is 46.2 Å². The molecule has 3 rings (SSSR count). The van der Waals surface area contributed by atoms with Gasteiger partial charge in [0.05, 0.1) is 5.56 Å². The normalized spacial score (nSPS) is 12.8. The first-order valence-electron chi connectivity index (χ1n) is 8.39. The van der Waals surface area contributed by atoms with E-state index in [9.17, 15) is 9.59 Å². The van der Waals surface area contributed by atoms with Crippen LogP contribution in [-0.2, 0) is 0 Å². The second kappa shape index (κ2) is 7.18. The summed E-state index contributed by atoms with van der Waals surface area (Å²) in [4.78, 5) is 25.6. The fraction of sp³-hybridized carbons (Fsp3) is 0.300. The van der Waals surface area contributed by atoms with Crippen LogP contribution in [0, 0.1) is 0 Å². The quantitative estimate of drug-likeness (QED) is 0.634. The average Bonchev–Trinajstić information content (AvgIpc) is 2.59. The van der Waals surface area contributed by atoms with E-state index in [0.29, 0.717) is 27.3 Å². The summed E-state index contributed by atoms with van der Waals surface area (Å²) >= 11 is 5.98. The monoisotopic (exact) mass is 341 g/mol. The Kier molecular flexibility index (Phi) is 5.00. The van der Waals surface area contributed by atoms with E-state index in [4.69, 9.17) is 11.6 Å². The average molecular weight is 342 g/mol. The number of hydrogen-bond acceptors (Lipinski definition) is 3. The second-order valence-corrected chi connectivity index (χ2v) is 6.50. The minimum absolute atomic E-state index is 0.118. The lowest BCUT2D eigenvalue weighted by Crippen LogP contribution is -2.22. The molecule has 0 aromatic heterocycles. The van der Waals surface area contributed by atoms with Crippen molar-refractivity contribution in [3.05, 3.63) is 63.7 Å². The minimum Gasteiger partial charge on any atom is -0.384 e. The Balaban J connectivity index is 1.91. The molecule has 0 saturated heterocycles. The molecule has 0 fully saturated rings. The summed E-state index contributed by atoms with van der Waals surface area (Å²) in [5, 5.41) is 3.79. The van der Waals surface area contributed by atoms with Crippen LogP contribution in [0.1, 0.15) is 64.4 Å². The number of carbonyl (C=O) groups is 2. The van der Waals surface area contributed by atoms with Crippen molar-refractivity contribution in [2.24, 2.45) is 0 Å². The van der Waals surface area contributed by atoms with Gasteiger partial charge in [0.1, 0.15) is 0 Å². The van der Waals surface area contributed by atoms with Gasteiger partial charge in [0.15, 0.2) is 11.6 Å². The largest absolute Gasteiger partial charge is 0.384 e. The predicted octanol–water partition coefficient (Wildman–Crippen LogP) is 5.11. The summed E-state index contributed by atoms with van der Waals surface area (Å²) in [6, 6.07) is 10.3. The molecule has 1 aliphatic rings. The van der Waals surface area contributed by atoms with Gasteiger partial charge in [0.25, 0.3) is 0 Å². The van der Waals surface area contributed by atoms with Crippen LogP contribution < -0.4 is 5.32 Å². The summed E-state index contributed by atoms with van der Waals surface area (Å²) in [6.45, 7) is 2.97. The van der Waals surface area contributed by atoms with Crippen molar-refractivity contribution in [1.29, 1.82) is 0 Å². The van der Waals surface area contributed by atoms with Gasteiger partial charge >= 0.3 is 0 Å². The van der Waals surface area contributed by atoms with Gasteiger partial charge in [-0.15, -0.1) is 0 Å². The number of fused-ring (bicyclic) bond motifs is 2. The fourth-order valence-corrected chi connectivity index (χ4v) is 3.26. The number of anilines is 1. The van der Waals surface area contributed by atoms with Crippen molar-refractivity contribution < 1.29 is 9.59 Å². The molecule has 0 radical (unpaired) electrons. The van der Waals surface area contributed by atoms with Gasteiger partial charge in [-0.25, -0.2) is 0 Å². The van der Waals surface area contributed by atoms with Crippen molar-refractivity contribution in [2.75, 3.05) is 11.9 Å². The van der Waals surface area contributed by atoms with Crippen LogP contribution in [-0.4, -0.2) is 18.1 Å². The first kappa shape index (κ1) is 16.7. The van der Waals surface area contributed by atoms with Gasteiger partial charge in [-0.2, -0.15) is 0 Å². The molecule has 0 bridgehead atoms. The molecule has 0 saturated carbocycles. The maximum absolute atomic E-state index is 12.9. The number of ketones is 2. The molecule has 2 aromatic carbocycles. The Morgan fingerprint density at radius 1 is 0.917 bits per heavy atom. The van der Waals surface area contributed by atoms with Gasteiger partial charge in [0.2, 0.25) is 0 Å². The fourth-order valence-electron chi connectivity index (χ4n) is 3.09. The highest BCUT2D eigenvalue weighted by atomic mass is 35.5. The van der Waals surface area contributed by atoms with Gasteiger partial charge in [-0.05, 0) is 30.7 Å². The summed E-state index contributed by atoms with van der Waals surface area (Å²) in [5.41, 5.74) is 2.49. The van der Waals surface area contributed by atoms with Gasteiger partial charge in [-0.1, -0.05) is 49.9 Å². The Morgan fingerprint density at radius 3 is 2.54 bits per heavy atom. The molecule has 24 heavy (non-hydrogen) atoms. The lowest BCUT2D eigenvalue weighted by molar-refractivity contribution is 0.0979. The third-order valence-corrected chi connectivity index (χ3v) is 4.59. The summed E-state index contributed by atoms with van der Waals surface area (Å²) < 4.78 is 0. The molecule has 3 nitrogen and oxygen atoms in total. The van der Waals surface area contributed by atoms with Crippen LogP contribution in [0.15, 0.2) is 36.4 Å². The number of hydrogen-bond donors (Lipinski definition) is 1. The summed E-state index contributed by atoms with van der Waals surface area (Å²) in [7, 11) is 0. The number of carbonyl (C=O) groups excluding carboxylic acids is 2. The molecule has 0 spiro atoms. The highest BCUT2D eigenvalue weighted by Crippen LogP contribution is 2.33. The molecule has 1 N–H and O–H groups in total. The minimum atomic E-state index is -0.142. The number of rotatable bonds is 6. The zero-order chi connectivity index (χ0) is 17.1. The van der Waals surface area contributed by atoms with Crippen LogP contribution in [0.2, 0.25) is 5.02 Å². The Morgan fingerprint density at radius 2 is 1.75 bits per heavy atom. The van der Waals surface area contributed by atoms with Crippen molar-refractivity contribution in [1.82, 2.24) is 0 Å². The Hall–Kier alpha value is -2.13. The number of benzene rings is 2. The maximum Gasteiger partial charge on any atom is 0.196 e.